The predicted octanol–water partition coefficient (Wildman–Crippen LogP) is 3.48. The molecule has 138 valence electrons. The van der Waals surface area contributed by atoms with Crippen LogP contribution in [0.15, 0.2) is 60.8 Å². The summed E-state index contributed by atoms with van der Waals surface area (Å²) in [6.45, 7) is 6.90. The van der Waals surface area contributed by atoms with Crippen molar-refractivity contribution in [2.75, 3.05) is 31.1 Å². The fourth-order valence-corrected chi connectivity index (χ4v) is 3.44. The van der Waals surface area contributed by atoms with E-state index >= 15 is 0 Å². The molecule has 2 heterocycles. The minimum absolute atomic E-state index is 0.312. The third-order valence-corrected chi connectivity index (χ3v) is 5.09. The summed E-state index contributed by atoms with van der Waals surface area (Å²) in [6, 6.07) is 17.5. The summed E-state index contributed by atoms with van der Waals surface area (Å²) in [5.41, 5.74) is 4.45. The topological polar surface area (TPSA) is 52.5 Å². The molecule has 0 atom stereocenters. The second-order valence-electron chi connectivity index (χ2n) is 6.95. The number of anilines is 1. The number of aryl methyl sites for hydroxylation is 1. The summed E-state index contributed by atoms with van der Waals surface area (Å²) < 4.78 is 0. The van der Waals surface area contributed by atoms with Crippen molar-refractivity contribution in [2.24, 2.45) is 0 Å². The van der Waals surface area contributed by atoms with Crippen LogP contribution in [-0.4, -0.2) is 46.2 Å². The molecule has 0 aliphatic carbocycles. The minimum atomic E-state index is 0.312. The van der Waals surface area contributed by atoms with Gasteiger partial charge >= 0.3 is 0 Å². The molecule has 5 heteroatoms. The van der Waals surface area contributed by atoms with Gasteiger partial charge in [0.15, 0.2) is 5.82 Å². The lowest BCUT2D eigenvalue weighted by Gasteiger charge is -2.36. The average molecular weight is 360 g/mol. The van der Waals surface area contributed by atoms with Gasteiger partial charge in [-0.15, -0.1) is 0 Å². The standard InChI is InChI=1S/C22H24N4O/c1-17-19(15-23-22(24-17)18-5-3-2-4-6-18)16-25-11-13-26(14-12-25)20-7-9-21(27)10-8-20/h2-10,15,27H,11-14,16H2,1H3. The molecule has 0 unspecified atom stereocenters. The van der Waals surface area contributed by atoms with Gasteiger partial charge in [-0.05, 0) is 31.2 Å². The number of nitrogens with zero attached hydrogens (tertiary/aromatic N) is 4. The average Bonchev–Trinajstić information content (AvgIpc) is 2.71. The number of hydrogen-bond donors (Lipinski definition) is 1. The van der Waals surface area contributed by atoms with Crippen LogP contribution in [0.4, 0.5) is 5.69 Å². The highest BCUT2D eigenvalue weighted by Crippen LogP contribution is 2.21. The van der Waals surface area contributed by atoms with E-state index in [-0.39, 0.29) is 0 Å². The molecule has 0 radical (unpaired) electrons. The van der Waals surface area contributed by atoms with E-state index in [4.69, 9.17) is 4.98 Å². The molecule has 2 aromatic carbocycles. The number of aromatic hydroxyl groups is 1. The van der Waals surface area contributed by atoms with Gasteiger partial charge in [-0.1, -0.05) is 30.3 Å². The van der Waals surface area contributed by atoms with Gasteiger partial charge in [0.25, 0.3) is 0 Å². The first-order valence-corrected chi connectivity index (χ1v) is 9.33. The van der Waals surface area contributed by atoms with Crippen molar-refractivity contribution >= 4 is 5.69 Å². The van der Waals surface area contributed by atoms with Gasteiger partial charge in [0.1, 0.15) is 5.75 Å². The first kappa shape index (κ1) is 17.5. The van der Waals surface area contributed by atoms with Crippen molar-refractivity contribution < 1.29 is 5.11 Å². The highest BCUT2D eigenvalue weighted by atomic mass is 16.3. The van der Waals surface area contributed by atoms with Crippen LogP contribution in [0.1, 0.15) is 11.3 Å². The molecule has 1 aromatic heterocycles. The molecule has 1 aliphatic heterocycles. The molecule has 3 aromatic rings. The van der Waals surface area contributed by atoms with E-state index in [0.717, 1.165) is 49.8 Å². The summed E-state index contributed by atoms with van der Waals surface area (Å²) in [4.78, 5) is 14.1. The Balaban J connectivity index is 1.38. The van der Waals surface area contributed by atoms with Crippen molar-refractivity contribution in [1.29, 1.82) is 0 Å². The van der Waals surface area contributed by atoms with Gasteiger partial charge in [0.05, 0.1) is 0 Å². The Bertz CT molecular complexity index is 888. The second kappa shape index (κ2) is 7.76. The highest BCUT2D eigenvalue weighted by Gasteiger charge is 2.18. The van der Waals surface area contributed by atoms with Crippen molar-refractivity contribution in [2.45, 2.75) is 13.5 Å². The Labute approximate surface area is 159 Å². The third kappa shape index (κ3) is 4.09. The van der Waals surface area contributed by atoms with E-state index in [0.29, 0.717) is 5.75 Å². The quantitative estimate of drug-likeness (QED) is 0.772. The molecule has 1 saturated heterocycles. The smallest absolute Gasteiger partial charge is 0.159 e. The number of phenolic OH excluding ortho intramolecular Hbond substituents is 1. The number of aromatic nitrogens is 2. The largest absolute Gasteiger partial charge is 0.508 e. The molecule has 1 fully saturated rings. The van der Waals surface area contributed by atoms with Gasteiger partial charge in [-0.25, -0.2) is 9.97 Å². The first-order valence-electron chi connectivity index (χ1n) is 9.33. The molecular formula is C22H24N4O. The minimum Gasteiger partial charge on any atom is -0.508 e. The Morgan fingerprint density at radius 2 is 1.63 bits per heavy atom. The molecule has 4 rings (SSSR count). The highest BCUT2D eigenvalue weighted by molar-refractivity contribution is 5.54. The molecule has 27 heavy (non-hydrogen) atoms. The maximum absolute atomic E-state index is 9.44. The van der Waals surface area contributed by atoms with E-state index in [9.17, 15) is 5.11 Å². The van der Waals surface area contributed by atoms with Crippen LogP contribution >= 0.6 is 0 Å². The Kier molecular flexibility index (Phi) is 5.03. The molecule has 0 bridgehead atoms. The molecule has 0 saturated carbocycles. The second-order valence-corrected chi connectivity index (χ2v) is 6.95. The van der Waals surface area contributed by atoms with E-state index < -0.39 is 0 Å². The number of phenols is 1. The molecule has 0 amide bonds. The molecular weight excluding hydrogens is 336 g/mol. The summed E-state index contributed by atoms with van der Waals surface area (Å²) in [5, 5.41) is 9.44. The third-order valence-electron chi connectivity index (χ3n) is 5.09. The van der Waals surface area contributed by atoms with E-state index in [1.165, 1.54) is 11.3 Å². The van der Waals surface area contributed by atoms with Gasteiger partial charge in [-0.3, -0.25) is 4.90 Å². The van der Waals surface area contributed by atoms with Crippen LogP contribution in [0, 0.1) is 6.92 Å². The van der Waals surface area contributed by atoms with Crippen LogP contribution in [0.3, 0.4) is 0 Å². The van der Waals surface area contributed by atoms with Crippen molar-refractivity contribution in [3.8, 4) is 17.1 Å². The van der Waals surface area contributed by atoms with E-state index in [1.54, 1.807) is 12.1 Å². The SMILES string of the molecule is Cc1nc(-c2ccccc2)ncc1CN1CCN(c2ccc(O)cc2)CC1. The van der Waals surface area contributed by atoms with Crippen LogP contribution < -0.4 is 4.90 Å². The van der Waals surface area contributed by atoms with Gasteiger partial charge in [-0.2, -0.15) is 0 Å². The molecule has 5 nitrogen and oxygen atoms in total. The normalized spacial score (nSPS) is 15.1. The van der Waals surface area contributed by atoms with Crippen molar-refractivity contribution in [3.63, 3.8) is 0 Å². The zero-order valence-electron chi connectivity index (χ0n) is 15.5. The lowest BCUT2D eigenvalue weighted by molar-refractivity contribution is 0.249. The number of rotatable bonds is 4. The summed E-state index contributed by atoms with van der Waals surface area (Å²) in [5.74, 6) is 1.10. The molecule has 0 spiro atoms. The lowest BCUT2D eigenvalue weighted by Crippen LogP contribution is -2.46. The Hall–Kier alpha value is -2.92. The summed E-state index contributed by atoms with van der Waals surface area (Å²) in [6.07, 6.45) is 1.97. The fourth-order valence-electron chi connectivity index (χ4n) is 3.44. The molecule has 1 N–H and O–H groups in total. The first-order chi connectivity index (χ1) is 13.2. The van der Waals surface area contributed by atoms with Crippen LogP contribution in [0.25, 0.3) is 11.4 Å². The Morgan fingerprint density at radius 1 is 0.926 bits per heavy atom. The zero-order chi connectivity index (χ0) is 18.6. The van der Waals surface area contributed by atoms with Crippen LogP contribution in [0.5, 0.6) is 5.75 Å². The van der Waals surface area contributed by atoms with Crippen molar-refractivity contribution in [3.05, 3.63) is 72.1 Å². The monoisotopic (exact) mass is 360 g/mol. The van der Waals surface area contributed by atoms with Gasteiger partial charge in [0, 0.05) is 61.4 Å². The Morgan fingerprint density at radius 3 is 2.30 bits per heavy atom. The van der Waals surface area contributed by atoms with Crippen LogP contribution in [-0.2, 0) is 6.54 Å². The zero-order valence-corrected chi connectivity index (χ0v) is 15.5. The lowest BCUT2D eigenvalue weighted by atomic mass is 10.1. The van der Waals surface area contributed by atoms with Crippen LogP contribution in [0.2, 0.25) is 0 Å². The number of hydrogen-bond acceptors (Lipinski definition) is 5. The van der Waals surface area contributed by atoms with Gasteiger partial charge in [0.2, 0.25) is 0 Å². The molecule has 1 aliphatic rings. The summed E-state index contributed by atoms with van der Waals surface area (Å²) >= 11 is 0. The van der Waals surface area contributed by atoms with Gasteiger partial charge < -0.3 is 10.0 Å². The van der Waals surface area contributed by atoms with Crippen molar-refractivity contribution in [1.82, 2.24) is 14.9 Å². The number of piperazine rings is 1. The van der Waals surface area contributed by atoms with E-state index in [1.807, 2.05) is 48.7 Å². The van der Waals surface area contributed by atoms with E-state index in [2.05, 4.69) is 21.7 Å². The maximum Gasteiger partial charge on any atom is 0.159 e. The summed E-state index contributed by atoms with van der Waals surface area (Å²) in [7, 11) is 0. The number of benzene rings is 2. The maximum atomic E-state index is 9.44. The fraction of sp³-hybridized carbons (Fsp3) is 0.273. The predicted molar refractivity (Wildman–Crippen MR) is 108 cm³/mol.